The lowest BCUT2D eigenvalue weighted by atomic mass is 10.1. The van der Waals surface area contributed by atoms with Crippen molar-refractivity contribution in [3.05, 3.63) is 35.6 Å². The van der Waals surface area contributed by atoms with Crippen LogP contribution < -0.4 is 5.32 Å². The summed E-state index contributed by atoms with van der Waals surface area (Å²) < 4.78 is 11.6. The number of H-pyrrole nitrogens is 1. The number of benzene rings is 1. The van der Waals surface area contributed by atoms with Gasteiger partial charge in [0.05, 0.1) is 41.7 Å². The molecule has 0 radical (unpaired) electrons. The summed E-state index contributed by atoms with van der Waals surface area (Å²) in [5.41, 5.74) is 1.59. The Morgan fingerprint density at radius 1 is 1.32 bits per heavy atom. The fourth-order valence-electron chi connectivity index (χ4n) is 4.33. The average Bonchev–Trinajstić information content (AvgIpc) is 3.15. The number of halogens is 1. The predicted molar refractivity (Wildman–Crippen MR) is 132 cm³/mol. The van der Waals surface area contributed by atoms with Crippen molar-refractivity contribution in [2.75, 3.05) is 38.1 Å². The van der Waals surface area contributed by atoms with Gasteiger partial charge in [0.15, 0.2) is 6.23 Å². The van der Waals surface area contributed by atoms with Gasteiger partial charge in [-0.2, -0.15) is 0 Å². The lowest BCUT2D eigenvalue weighted by Crippen LogP contribution is -2.58. The van der Waals surface area contributed by atoms with E-state index in [2.05, 4.69) is 15.3 Å². The van der Waals surface area contributed by atoms with Crippen molar-refractivity contribution in [3.8, 4) is 0 Å². The number of anilines is 1. The molecule has 0 bridgehead atoms. The Morgan fingerprint density at radius 2 is 2.09 bits per heavy atom. The van der Waals surface area contributed by atoms with Crippen LogP contribution in [0.3, 0.4) is 0 Å². The Labute approximate surface area is 203 Å². The van der Waals surface area contributed by atoms with Crippen molar-refractivity contribution in [1.82, 2.24) is 19.8 Å². The first-order valence-corrected chi connectivity index (χ1v) is 11.8. The second-order valence-corrected chi connectivity index (χ2v) is 9.39. The SMILES string of the molecule is CCN(CC)C(=O)CN1CC(C)(C)OCC1OC(=O)Nc1cc(Cl)cc2c1[nH]c1cnccc12. The van der Waals surface area contributed by atoms with E-state index in [1.54, 1.807) is 23.4 Å². The number of hydrogen-bond acceptors (Lipinski definition) is 6. The Kier molecular flexibility index (Phi) is 6.97. The van der Waals surface area contributed by atoms with Gasteiger partial charge in [-0.1, -0.05) is 11.6 Å². The van der Waals surface area contributed by atoms with Crippen LogP contribution in [0.4, 0.5) is 10.5 Å². The Bertz CT molecular complexity index is 1210. The van der Waals surface area contributed by atoms with E-state index in [9.17, 15) is 9.59 Å². The van der Waals surface area contributed by atoms with E-state index in [1.165, 1.54) is 0 Å². The highest BCUT2D eigenvalue weighted by Gasteiger charge is 2.37. The van der Waals surface area contributed by atoms with Crippen LogP contribution >= 0.6 is 11.6 Å². The van der Waals surface area contributed by atoms with Crippen molar-refractivity contribution in [3.63, 3.8) is 0 Å². The van der Waals surface area contributed by atoms with Crippen LogP contribution in [0.25, 0.3) is 21.8 Å². The van der Waals surface area contributed by atoms with Crippen molar-refractivity contribution in [2.24, 2.45) is 0 Å². The maximum Gasteiger partial charge on any atom is 0.413 e. The van der Waals surface area contributed by atoms with E-state index >= 15 is 0 Å². The third-order valence-electron chi connectivity index (χ3n) is 6.02. The van der Waals surface area contributed by atoms with Crippen molar-refractivity contribution in [1.29, 1.82) is 0 Å². The zero-order chi connectivity index (χ0) is 24.5. The molecule has 1 aliphatic rings. The molecule has 1 fully saturated rings. The van der Waals surface area contributed by atoms with Crippen molar-refractivity contribution in [2.45, 2.75) is 39.5 Å². The number of likely N-dealkylation sites (N-methyl/N-ethyl adjacent to an activating group) is 1. The molecule has 4 rings (SSSR count). The molecule has 0 spiro atoms. The molecular formula is C24H30ClN5O4. The largest absolute Gasteiger partial charge is 0.427 e. The van der Waals surface area contributed by atoms with Gasteiger partial charge in [0.25, 0.3) is 0 Å². The molecule has 1 aromatic carbocycles. The molecule has 1 unspecified atom stereocenters. The van der Waals surface area contributed by atoms with E-state index < -0.39 is 17.9 Å². The molecule has 3 heterocycles. The fourth-order valence-corrected chi connectivity index (χ4v) is 4.55. The molecule has 0 aliphatic carbocycles. The number of hydrogen-bond donors (Lipinski definition) is 2. The first-order chi connectivity index (χ1) is 16.2. The lowest BCUT2D eigenvalue weighted by Gasteiger charge is -2.42. The molecular weight excluding hydrogens is 458 g/mol. The first-order valence-electron chi connectivity index (χ1n) is 11.4. The summed E-state index contributed by atoms with van der Waals surface area (Å²) in [5, 5.41) is 5.10. The van der Waals surface area contributed by atoms with Crippen LogP contribution in [0.2, 0.25) is 5.02 Å². The lowest BCUT2D eigenvalue weighted by molar-refractivity contribution is -0.177. The molecule has 9 nitrogen and oxygen atoms in total. The number of rotatable bonds is 6. The quantitative estimate of drug-likeness (QED) is 0.540. The monoisotopic (exact) mass is 487 g/mol. The Hall–Kier alpha value is -2.88. The highest BCUT2D eigenvalue weighted by atomic mass is 35.5. The van der Waals surface area contributed by atoms with Crippen LogP contribution in [-0.2, 0) is 14.3 Å². The zero-order valence-corrected chi connectivity index (χ0v) is 20.6. The number of nitrogens with one attached hydrogen (secondary N) is 2. The minimum Gasteiger partial charge on any atom is -0.427 e. The summed E-state index contributed by atoms with van der Waals surface area (Å²) in [6.45, 7) is 9.79. The Morgan fingerprint density at radius 3 is 2.82 bits per heavy atom. The van der Waals surface area contributed by atoms with Gasteiger partial charge in [-0.25, -0.2) is 4.79 Å². The van der Waals surface area contributed by atoms with Crippen LogP contribution in [-0.4, -0.2) is 76.4 Å². The molecule has 3 aromatic rings. The zero-order valence-electron chi connectivity index (χ0n) is 19.9. The third-order valence-corrected chi connectivity index (χ3v) is 6.23. The number of aromatic nitrogens is 2. The van der Waals surface area contributed by atoms with Gasteiger partial charge in [0.2, 0.25) is 5.91 Å². The number of morpholine rings is 1. The molecule has 34 heavy (non-hydrogen) atoms. The summed E-state index contributed by atoms with van der Waals surface area (Å²) in [7, 11) is 0. The van der Waals surface area contributed by atoms with Crippen molar-refractivity contribution >= 4 is 51.1 Å². The normalized spacial score (nSPS) is 18.2. The summed E-state index contributed by atoms with van der Waals surface area (Å²) in [6.07, 6.45) is 2.07. The standard InChI is InChI=1S/C24H30ClN5O4/c1-5-29(6-2)20(31)12-30-14-24(3,4)33-13-21(30)34-23(32)28-18-10-15(25)9-17-16-7-8-26-11-19(16)27-22(17)18/h7-11,21,27H,5-6,12-14H2,1-4H3,(H,28,32). The molecule has 1 aliphatic heterocycles. The van der Waals surface area contributed by atoms with Crippen LogP contribution in [0.5, 0.6) is 0 Å². The number of pyridine rings is 1. The number of carbonyl (C=O) groups excluding carboxylic acids is 2. The number of amides is 2. The highest BCUT2D eigenvalue weighted by Crippen LogP contribution is 2.33. The van der Waals surface area contributed by atoms with E-state index in [4.69, 9.17) is 21.1 Å². The summed E-state index contributed by atoms with van der Waals surface area (Å²) in [6, 6.07) is 5.39. The number of aromatic amines is 1. The number of nitrogens with zero attached hydrogens (tertiary/aromatic N) is 3. The van der Waals surface area contributed by atoms with Crippen molar-refractivity contribution < 1.29 is 19.1 Å². The highest BCUT2D eigenvalue weighted by molar-refractivity contribution is 6.32. The van der Waals surface area contributed by atoms with Gasteiger partial charge in [0.1, 0.15) is 0 Å². The van der Waals surface area contributed by atoms with E-state index in [1.807, 2.05) is 44.7 Å². The summed E-state index contributed by atoms with van der Waals surface area (Å²) in [4.78, 5) is 36.7. The number of carbonyl (C=O) groups is 2. The van der Waals surface area contributed by atoms with Gasteiger partial charge in [0, 0.05) is 41.6 Å². The minimum absolute atomic E-state index is 0.0139. The molecule has 1 saturated heterocycles. The summed E-state index contributed by atoms with van der Waals surface area (Å²) in [5.74, 6) is -0.0139. The molecule has 10 heteroatoms. The molecule has 2 N–H and O–H groups in total. The predicted octanol–water partition coefficient (Wildman–Crippen LogP) is 4.22. The van der Waals surface area contributed by atoms with E-state index in [0.717, 1.165) is 21.8 Å². The van der Waals surface area contributed by atoms with E-state index in [-0.39, 0.29) is 19.1 Å². The maximum absolute atomic E-state index is 12.9. The Balaban J connectivity index is 1.53. The second kappa shape index (κ2) is 9.77. The second-order valence-electron chi connectivity index (χ2n) is 8.95. The van der Waals surface area contributed by atoms with Crippen LogP contribution in [0.15, 0.2) is 30.6 Å². The molecule has 1 atom stereocenters. The number of fused-ring (bicyclic) bond motifs is 3. The maximum atomic E-state index is 12.9. The van der Waals surface area contributed by atoms with E-state index in [0.29, 0.717) is 30.3 Å². The minimum atomic E-state index is -0.700. The number of ether oxygens (including phenoxy) is 2. The van der Waals surface area contributed by atoms with Crippen LogP contribution in [0.1, 0.15) is 27.7 Å². The molecule has 2 amide bonds. The van der Waals surface area contributed by atoms with Crippen LogP contribution in [0, 0.1) is 0 Å². The average molecular weight is 488 g/mol. The fraction of sp³-hybridized carbons (Fsp3) is 0.458. The van der Waals surface area contributed by atoms with Gasteiger partial charge < -0.3 is 19.4 Å². The molecule has 0 saturated carbocycles. The van der Waals surface area contributed by atoms with Gasteiger partial charge >= 0.3 is 6.09 Å². The smallest absolute Gasteiger partial charge is 0.413 e. The van der Waals surface area contributed by atoms with Gasteiger partial charge in [-0.3, -0.25) is 20.0 Å². The third kappa shape index (κ3) is 5.11. The van der Waals surface area contributed by atoms with Gasteiger partial charge in [-0.05, 0) is 45.9 Å². The summed E-state index contributed by atoms with van der Waals surface area (Å²) >= 11 is 6.33. The molecule has 182 valence electrons. The molecule has 2 aromatic heterocycles. The van der Waals surface area contributed by atoms with Gasteiger partial charge in [-0.15, -0.1) is 0 Å². The topological polar surface area (TPSA) is 99.8 Å². The first kappa shape index (κ1) is 24.3.